The van der Waals surface area contributed by atoms with E-state index in [1.54, 1.807) is 19.9 Å². The molecule has 0 aliphatic carbocycles. The van der Waals surface area contributed by atoms with Crippen LogP contribution in [0.2, 0.25) is 0 Å². The zero-order valence-electron chi connectivity index (χ0n) is 16.8. The number of imide groups is 1. The highest BCUT2D eigenvalue weighted by Gasteiger charge is 2.42. The number of amides is 2. The molecule has 5 rings (SSSR count). The maximum Gasteiger partial charge on any atom is 0.269 e. The number of fused-ring (bicyclic) bond motifs is 3. The number of hydrogen-bond acceptors (Lipinski definition) is 8. The topological polar surface area (TPSA) is 123 Å². The number of morpholine rings is 1. The summed E-state index contributed by atoms with van der Waals surface area (Å²) in [5, 5.41) is 4.09. The molecule has 0 bridgehead atoms. The number of aromatic nitrogens is 2. The van der Waals surface area contributed by atoms with Crippen LogP contribution in [0.5, 0.6) is 0 Å². The van der Waals surface area contributed by atoms with Crippen LogP contribution in [0.1, 0.15) is 32.2 Å². The second kappa shape index (κ2) is 6.94. The van der Waals surface area contributed by atoms with Crippen molar-refractivity contribution in [2.24, 2.45) is 0 Å². The van der Waals surface area contributed by atoms with E-state index in [1.165, 1.54) is 22.5 Å². The lowest BCUT2D eigenvalue weighted by molar-refractivity contribution is 0.0730. The Morgan fingerprint density at radius 2 is 1.71 bits per heavy atom. The van der Waals surface area contributed by atoms with E-state index >= 15 is 0 Å². The van der Waals surface area contributed by atoms with Gasteiger partial charge < -0.3 is 9.26 Å². The molecule has 3 aromatic rings. The van der Waals surface area contributed by atoms with Gasteiger partial charge in [-0.2, -0.15) is 4.31 Å². The minimum absolute atomic E-state index is 0.0331. The van der Waals surface area contributed by atoms with Crippen LogP contribution < -0.4 is 4.90 Å². The van der Waals surface area contributed by atoms with Gasteiger partial charge in [0, 0.05) is 24.5 Å². The first-order chi connectivity index (χ1) is 14.8. The molecule has 160 valence electrons. The standard InChI is InChI=1S/C20H18N4O6S/c1-11-9-16(22-30-11)24-19(25)17-12(2)21-15-4-3-13(10-14(15)18(17)20(24)26)31(27,28)23-5-7-29-8-6-23/h3-4,9-10H,5-8H2,1-2H3. The third-order valence-electron chi connectivity index (χ3n) is 5.42. The predicted molar refractivity (Wildman–Crippen MR) is 108 cm³/mol. The number of hydrogen-bond donors (Lipinski definition) is 0. The second-order valence-electron chi connectivity index (χ2n) is 7.38. The Morgan fingerprint density at radius 1 is 1.00 bits per heavy atom. The van der Waals surface area contributed by atoms with Crippen LogP contribution in [-0.2, 0) is 14.8 Å². The van der Waals surface area contributed by atoms with Gasteiger partial charge in [0.05, 0.1) is 40.4 Å². The van der Waals surface area contributed by atoms with Crippen LogP contribution >= 0.6 is 0 Å². The van der Waals surface area contributed by atoms with Crippen molar-refractivity contribution < 1.29 is 27.3 Å². The first kappa shape index (κ1) is 19.8. The summed E-state index contributed by atoms with van der Waals surface area (Å²) in [4.78, 5) is 31.7. The van der Waals surface area contributed by atoms with Crippen LogP contribution in [0.4, 0.5) is 5.82 Å². The molecular weight excluding hydrogens is 424 g/mol. The zero-order chi connectivity index (χ0) is 21.9. The number of rotatable bonds is 3. The Hall–Kier alpha value is -3.15. The lowest BCUT2D eigenvalue weighted by atomic mass is 10.0. The number of carbonyl (C=O) groups is 2. The summed E-state index contributed by atoms with van der Waals surface area (Å²) in [6.07, 6.45) is 0. The Morgan fingerprint density at radius 3 is 2.39 bits per heavy atom. The van der Waals surface area contributed by atoms with Gasteiger partial charge in [-0.1, -0.05) is 5.16 Å². The number of pyridine rings is 1. The fourth-order valence-electron chi connectivity index (χ4n) is 3.93. The molecule has 1 fully saturated rings. The largest absolute Gasteiger partial charge is 0.379 e. The summed E-state index contributed by atoms with van der Waals surface area (Å²) in [5.41, 5.74) is 1.06. The molecule has 2 aliphatic rings. The van der Waals surface area contributed by atoms with Gasteiger partial charge in [-0.15, -0.1) is 0 Å². The maximum absolute atomic E-state index is 13.3. The highest BCUT2D eigenvalue weighted by atomic mass is 32.2. The Bertz CT molecular complexity index is 1360. The molecule has 1 aromatic carbocycles. The van der Waals surface area contributed by atoms with Crippen molar-refractivity contribution in [1.29, 1.82) is 0 Å². The van der Waals surface area contributed by atoms with Crippen LogP contribution in [0.25, 0.3) is 10.9 Å². The number of benzene rings is 1. The Labute approximate surface area is 177 Å². The second-order valence-corrected chi connectivity index (χ2v) is 9.32. The van der Waals surface area contributed by atoms with Crippen LogP contribution in [0.15, 0.2) is 33.7 Å². The van der Waals surface area contributed by atoms with Crippen molar-refractivity contribution in [3.05, 3.63) is 46.8 Å². The number of carbonyl (C=O) groups excluding carboxylic acids is 2. The third-order valence-corrected chi connectivity index (χ3v) is 7.32. The number of ether oxygens (including phenoxy) is 1. The SMILES string of the molecule is Cc1cc(N2C(=O)c3c(C)nc4ccc(S(=O)(=O)N5CCOCC5)cc4c3C2=O)no1. The fraction of sp³-hybridized carbons (Fsp3) is 0.300. The smallest absolute Gasteiger partial charge is 0.269 e. The first-order valence-electron chi connectivity index (χ1n) is 9.63. The van der Waals surface area contributed by atoms with E-state index < -0.39 is 21.8 Å². The van der Waals surface area contributed by atoms with E-state index in [1.807, 2.05) is 0 Å². The van der Waals surface area contributed by atoms with Gasteiger partial charge in [0.15, 0.2) is 5.82 Å². The molecule has 4 heterocycles. The van der Waals surface area contributed by atoms with E-state index in [0.29, 0.717) is 35.6 Å². The number of aryl methyl sites for hydroxylation is 2. The van der Waals surface area contributed by atoms with Crippen LogP contribution in [-0.4, -0.2) is 61.0 Å². The van der Waals surface area contributed by atoms with Gasteiger partial charge >= 0.3 is 0 Å². The Balaban J connectivity index is 1.68. The summed E-state index contributed by atoms with van der Waals surface area (Å²) in [6.45, 7) is 4.44. The summed E-state index contributed by atoms with van der Waals surface area (Å²) in [5.74, 6) is -0.634. The molecule has 1 saturated heterocycles. The van der Waals surface area contributed by atoms with Crippen molar-refractivity contribution in [1.82, 2.24) is 14.4 Å². The molecule has 11 heteroatoms. The molecule has 0 spiro atoms. The Kier molecular flexibility index (Phi) is 4.43. The van der Waals surface area contributed by atoms with Crippen molar-refractivity contribution in [3.63, 3.8) is 0 Å². The lowest BCUT2D eigenvalue weighted by Gasteiger charge is -2.26. The van der Waals surface area contributed by atoms with E-state index in [4.69, 9.17) is 9.26 Å². The minimum atomic E-state index is -3.79. The average Bonchev–Trinajstić information content (AvgIpc) is 3.29. The van der Waals surface area contributed by atoms with E-state index in [2.05, 4.69) is 10.1 Å². The first-order valence-corrected chi connectivity index (χ1v) is 11.1. The van der Waals surface area contributed by atoms with Gasteiger partial charge in [0.1, 0.15) is 5.76 Å². The maximum atomic E-state index is 13.3. The van der Waals surface area contributed by atoms with Crippen molar-refractivity contribution >= 4 is 38.6 Å². The van der Waals surface area contributed by atoms with Gasteiger partial charge in [0.2, 0.25) is 10.0 Å². The molecule has 10 nitrogen and oxygen atoms in total. The highest BCUT2D eigenvalue weighted by molar-refractivity contribution is 7.89. The predicted octanol–water partition coefficient (Wildman–Crippen LogP) is 1.66. The molecule has 0 saturated carbocycles. The molecular formula is C20H18N4O6S. The quantitative estimate of drug-likeness (QED) is 0.561. The number of nitrogens with zero attached hydrogens (tertiary/aromatic N) is 4. The summed E-state index contributed by atoms with van der Waals surface area (Å²) in [6, 6.07) is 5.91. The van der Waals surface area contributed by atoms with Crippen LogP contribution in [0, 0.1) is 13.8 Å². The van der Waals surface area contributed by atoms with Gasteiger partial charge in [-0.05, 0) is 32.0 Å². The fourth-order valence-corrected chi connectivity index (χ4v) is 5.36. The highest BCUT2D eigenvalue weighted by Crippen LogP contribution is 2.35. The summed E-state index contributed by atoms with van der Waals surface area (Å²) < 4.78 is 37.8. The summed E-state index contributed by atoms with van der Waals surface area (Å²) >= 11 is 0. The number of sulfonamides is 1. The molecule has 0 N–H and O–H groups in total. The van der Waals surface area contributed by atoms with E-state index in [0.717, 1.165) is 4.90 Å². The van der Waals surface area contributed by atoms with Crippen molar-refractivity contribution in [2.75, 3.05) is 31.2 Å². The third kappa shape index (κ3) is 2.96. The molecule has 0 radical (unpaired) electrons. The van der Waals surface area contributed by atoms with Gasteiger partial charge in [-0.25, -0.2) is 13.3 Å². The zero-order valence-corrected chi connectivity index (χ0v) is 17.6. The molecule has 0 atom stereocenters. The molecule has 2 aromatic heterocycles. The van der Waals surface area contributed by atoms with Crippen molar-refractivity contribution in [3.8, 4) is 0 Å². The lowest BCUT2D eigenvalue weighted by Crippen LogP contribution is -2.40. The molecule has 2 amide bonds. The van der Waals surface area contributed by atoms with Gasteiger partial charge in [0.25, 0.3) is 11.8 Å². The molecule has 2 aliphatic heterocycles. The monoisotopic (exact) mass is 442 g/mol. The molecule has 31 heavy (non-hydrogen) atoms. The van der Waals surface area contributed by atoms with Crippen molar-refractivity contribution in [2.45, 2.75) is 18.7 Å². The number of anilines is 1. The van der Waals surface area contributed by atoms with Crippen LogP contribution in [0.3, 0.4) is 0 Å². The average molecular weight is 442 g/mol. The summed E-state index contributed by atoms with van der Waals surface area (Å²) in [7, 11) is -3.79. The van der Waals surface area contributed by atoms with E-state index in [9.17, 15) is 18.0 Å². The van der Waals surface area contributed by atoms with E-state index in [-0.39, 0.29) is 34.9 Å². The van der Waals surface area contributed by atoms with Gasteiger partial charge in [-0.3, -0.25) is 14.6 Å². The molecule has 0 unspecified atom stereocenters. The minimum Gasteiger partial charge on any atom is -0.379 e. The normalized spacial score (nSPS) is 17.5.